The number of methoxy groups -OCH3 is 1. The molecule has 0 amide bonds. The highest BCUT2D eigenvalue weighted by molar-refractivity contribution is 5.89. The summed E-state index contributed by atoms with van der Waals surface area (Å²) in [4.78, 5) is 23.9. The highest BCUT2D eigenvalue weighted by atomic mass is 16.5. The highest BCUT2D eigenvalue weighted by Gasteiger charge is 2.17. The molecule has 1 unspecified atom stereocenters. The van der Waals surface area contributed by atoms with Crippen LogP contribution in [0.5, 0.6) is 5.75 Å². The molecule has 0 saturated heterocycles. The number of ether oxygens (including phenoxy) is 4. The summed E-state index contributed by atoms with van der Waals surface area (Å²) in [6.07, 6.45) is 16.3. The molecule has 1 atom stereocenters. The van der Waals surface area contributed by atoms with Gasteiger partial charge in [-0.25, -0.2) is 9.59 Å². The van der Waals surface area contributed by atoms with Crippen LogP contribution in [0.15, 0.2) is 71.4 Å². The van der Waals surface area contributed by atoms with Crippen molar-refractivity contribution < 1.29 is 28.5 Å². The lowest BCUT2D eigenvalue weighted by atomic mass is 9.87. The van der Waals surface area contributed by atoms with Crippen LogP contribution in [0.1, 0.15) is 84.1 Å². The van der Waals surface area contributed by atoms with Gasteiger partial charge in [0.25, 0.3) is 0 Å². The molecule has 0 aromatic heterocycles. The largest absolute Gasteiger partial charge is 0.494 e. The van der Waals surface area contributed by atoms with Crippen molar-refractivity contribution in [3.63, 3.8) is 0 Å². The van der Waals surface area contributed by atoms with Crippen LogP contribution in [-0.4, -0.2) is 45.5 Å². The van der Waals surface area contributed by atoms with Gasteiger partial charge in [-0.1, -0.05) is 55.9 Å². The minimum absolute atomic E-state index is 0.179. The molecule has 1 aromatic rings. The molecular formula is C35H50O6. The summed E-state index contributed by atoms with van der Waals surface area (Å²) in [6, 6.07) is 8.33. The molecule has 41 heavy (non-hydrogen) atoms. The SMILES string of the molecule is C=C(C)C(=O)OCCCCCCOc1ccc(CCC2=CC(C)/C(=C(/C)C(=O)OCCCCCCOC)C=C2)cc1. The maximum atomic E-state index is 12.5. The van der Waals surface area contributed by atoms with Crippen molar-refractivity contribution in [2.24, 2.45) is 5.92 Å². The van der Waals surface area contributed by atoms with Crippen LogP contribution in [0, 0.1) is 5.92 Å². The summed E-state index contributed by atoms with van der Waals surface area (Å²) in [5, 5.41) is 0. The molecule has 0 radical (unpaired) electrons. The highest BCUT2D eigenvalue weighted by Crippen LogP contribution is 2.28. The molecule has 226 valence electrons. The molecule has 1 aliphatic rings. The number of hydrogen-bond acceptors (Lipinski definition) is 6. The number of carbonyl (C=O) groups excluding carboxylic acids is 2. The van der Waals surface area contributed by atoms with Gasteiger partial charge in [0.15, 0.2) is 0 Å². The quantitative estimate of drug-likeness (QED) is 0.0908. The van der Waals surface area contributed by atoms with E-state index in [1.54, 1.807) is 14.0 Å². The van der Waals surface area contributed by atoms with Crippen molar-refractivity contribution in [1.82, 2.24) is 0 Å². The van der Waals surface area contributed by atoms with E-state index in [0.717, 1.165) is 82.1 Å². The van der Waals surface area contributed by atoms with Gasteiger partial charge < -0.3 is 18.9 Å². The zero-order valence-corrected chi connectivity index (χ0v) is 25.7. The molecular weight excluding hydrogens is 516 g/mol. The van der Waals surface area contributed by atoms with Crippen molar-refractivity contribution in [1.29, 1.82) is 0 Å². The number of esters is 2. The molecule has 0 saturated carbocycles. The normalized spacial score (nSPS) is 15.7. The molecule has 1 aliphatic carbocycles. The Labute approximate surface area is 247 Å². The number of aryl methyl sites for hydroxylation is 1. The number of unbranched alkanes of at least 4 members (excludes halogenated alkanes) is 6. The lowest BCUT2D eigenvalue weighted by Crippen LogP contribution is -2.12. The van der Waals surface area contributed by atoms with E-state index in [0.29, 0.717) is 31.0 Å². The van der Waals surface area contributed by atoms with Crippen molar-refractivity contribution in [2.75, 3.05) is 33.5 Å². The average Bonchev–Trinajstić information content (AvgIpc) is 2.97. The lowest BCUT2D eigenvalue weighted by molar-refractivity contribution is -0.140. The summed E-state index contributed by atoms with van der Waals surface area (Å²) < 4.78 is 21.6. The number of benzene rings is 1. The lowest BCUT2D eigenvalue weighted by Gasteiger charge is -2.19. The first-order valence-electron chi connectivity index (χ1n) is 15.1. The van der Waals surface area contributed by atoms with Crippen LogP contribution in [0.25, 0.3) is 0 Å². The Hall–Kier alpha value is -3.12. The zero-order chi connectivity index (χ0) is 29.9. The minimum atomic E-state index is -0.315. The van der Waals surface area contributed by atoms with Gasteiger partial charge in [0.1, 0.15) is 5.75 Å². The van der Waals surface area contributed by atoms with Crippen molar-refractivity contribution in [3.05, 3.63) is 76.9 Å². The first kappa shape index (κ1) is 34.1. The Kier molecular flexibility index (Phi) is 16.5. The van der Waals surface area contributed by atoms with Crippen LogP contribution < -0.4 is 4.74 Å². The van der Waals surface area contributed by atoms with Crippen LogP contribution >= 0.6 is 0 Å². The molecule has 1 aromatic carbocycles. The fourth-order valence-corrected chi connectivity index (χ4v) is 4.62. The topological polar surface area (TPSA) is 71.1 Å². The Morgan fingerprint density at radius 3 is 1.93 bits per heavy atom. The molecule has 0 spiro atoms. The monoisotopic (exact) mass is 566 g/mol. The van der Waals surface area contributed by atoms with Crippen LogP contribution in [-0.2, 0) is 30.2 Å². The van der Waals surface area contributed by atoms with E-state index in [4.69, 9.17) is 18.9 Å². The number of hydrogen-bond donors (Lipinski definition) is 0. The second-order valence-electron chi connectivity index (χ2n) is 10.8. The Balaban J connectivity index is 1.65. The van der Waals surface area contributed by atoms with E-state index >= 15 is 0 Å². The second kappa shape index (κ2) is 19.9. The predicted molar refractivity (Wildman–Crippen MR) is 165 cm³/mol. The van der Waals surface area contributed by atoms with Crippen molar-refractivity contribution >= 4 is 11.9 Å². The number of rotatable bonds is 20. The molecule has 0 bridgehead atoms. The first-order valence-corrected chi connectivity index (χ1v) is 15.1. The zero-order valence-electron chi connectivity index (χ0n) is 25.7. The fraction of sp³-hybridized carbons (Fsp3) is 0.543. The third-order valence-corrected chi connectivity index (χ3v) is 7.16. The summed E-state index contributed by atoms with van der Waals surface area (Å²) in [5.41, 5.74) is 4.73. The van der Waals surface area contributed by atoms with E-state index in [1.807, 2.05) is 19.1 Å². The Morgan fingerprint density at radius 2 is 1.34 bits per heavy atom. The van der Waals surface area contributed by atoms with E-state index in [1.165, 1.54) is 11.1 Å². The Bertz CT molecular complexity index is 1050. The molecule has 0 heterocycles. The van der Waals surface area contributed by atoms with Crippen LogP contribution in [0.2, 0.25) is 0 Å². The van der Waals surface area contributed by atoms with Gasteiger partial charge >= 0.3 is 11.9 Å². The van der Waals surface area contributed by atoms with E-state index in [-0.39, 0.29) is 17.9 Å². The van der Waals surface area contributed by atoms with Gasteiger partial charge in [0.05, 0.1) is 19.8 Å². The molecule has 0 N–H and O–H groups in total. The number of carbonyl (C=O) groups is 2. The van der Waals surface area contributed by atoms with Gasteiger partial charge in [-0.2, -0.15) is 0 Å². The van der Waals surface area contributed by atoms with Gasteiger partial charge in [-0.3, -0.25) is 0 Å². The minimum Gasteiger partial charge on any atom is -0.494 e. The van der Waals surface area contributed by atoms with Gasteiger partial charge in [-0.05, 0) is 94.9 Å². The smallest absolute Gasteiger partial charge is 0.334 e. The maximum absolute atomic E-state index is 12.5. The Morgan fingerprint density at radius 1 is 0.756 bits per heavy atom. The van der Waals surface area contributed by atoms with Gasteiger partial charge in [0, 0.05) is 30.8 Å². The summed E-state index contributed by atoms with van der Waals surface area (Å²) in [5.74, 6) is 0.538. The maximum Gasteiger partial charge on any atom is 0.334 e. The predicted octanol–water partition coefficient (Wildman–Crippen LogP) is 7.88. The molecule has 6 heteroatoms. The second-order valence-corrected chi connectivity index (χ2v) is 10.8. The average molecular weight is 567 g/mol. The van der Waals surface area contributed by atoms with E-state index < -0.39 is 0 Å². The number of allylic oxidation sites excluding steroid dienone is 5. The van der Waals surface area contributed by atoms with Crippen molar-refractivity contribution in [3.8, 4) is 5.75 Å². The summed E-state index contributed by atoms with van der Waals surface area (Å²) in [7, 11) is 1.72. The van der Waals surface area contributed by atoms with Gasteiger partial charge in [0.2, 0.25) is 0 Å². The van der Waals surface area contributed by atoms with E-state index in [9.17, 15) is 9.59 Å². The third-order valence-electron chi connectivity index (χ3n) is 7.16. The van der Waals surface area contributed by atoms with E-state index in [2.05, 4.69) is 43.9 Å². The molecule has 6 nitrogen and oxygen atoms in total. The molecule has 0 fully saturated rings. The molecule has 2 rings (SSSR count). The third kappa shape index (κ3) is 13.9. The summed E-state index contributed by atoms with van der Waals surface area (Å²) >= 11 is 0. The molecule has 0 aliphatic heterocycles. The fourth-order valence-electron chi connectivity index (χ4n) is 4.62. The first-order chi connectivity index (χ1) is 19.8. The van der Waals surface area contributed by atoms with Crippen molar-refractivity contribution in [2.45, 2.75) is 85.0 Å². The van der Waals surface area contributed by atoms with Crippen LogP contribution in [0.4, 0.5) is 0 Å². The summed E-state index contributed by atoms with van der Waals surface area (Å²) in [6.45, 7) is 11.6. The standard InChI is InChI=1S/C35H50O6/c1-27(2)34(36)40-24-12-9-8-11-23-39-32-19-16-30(17-20-32)14-15-31-18-21-33(28(3)26-31)29(4)35(37)41-25-13-7-6-10-22-38-5/h16-21,26,28H,1,6-15,22-25H2,2-5H3/b33-29-. The van der Waals surface area contributed by atoms with Gasteiger partial charge in [-0.15, -0.1) is 0 Å². The van der Waals surface area contributed by atoms with Crippen LogP contribution in [0.3, 0.4) is 0 Å².